The Morgan fingerprint density at radius 2 is 2.05 bits per heavy atom. The van der Waals surface area contributed by atoms with Crippen LogP contribution in [0.3, 0.4) is 0 Å². The largest absolute Gasteiger partial charge is 0.331 e. The third kappa shape index (κ3) is 2.39. The van der Waals surface area contributed by atoms with Crippen molar-refractivity contribution in [1.29, 1.82) is 0 Å². The van der Waals surface area contributed by atoms with Crippen molar-refractivity contribution < 1.29 is 0 Å². The fraction of sp³-hybridized carbons (Fsp3) is 0.562. The lowest BCUT2D eigenvalue weighted by Gasteiger charge is -2.22. The van der Waals surface area contributed by atoms with Gasteiger partial charge in [0.15, 0.2) is 0 Å². The van der Waals surface area contributed by atoms with E-state index in [2.05, 4.69) is 48.2 Å². The van der Waals surface area contributed by atoms with Crippen molar-refractivity contribution in [3.05, 3.63) is 30.1 Å². The van der Waals surface area contributed by atoms with Gasteiger partial charge in [0.1, 0.15) is 5.82 Å². The number of aromatic nitrogens is 2. The Kier molecular flexibility index (Phi) is 3.56. The molecule has 1 saturated carbocycles. The number of hydrogen-bond acceptors (Lipinski definition) is 2. The van der Waals surface area contributed by atoms with Crippen molar-refractivity contribution in [2.24, 2.45) is 13.0 Å². The smallest absolute Gasteiger partial charge is 0.111 e. The van der Waals surface area contributed by atoms with Gasteiger partial charge in [-0.3, -0.25) is 0 Å². The van der Waals surface area contributed by atoms with E-state index in [0.717, 1.165) is 17.9 Å². The lowest BCUT2D eigenvalue weighted by Crippen LogP contribution is -2.35. The molecule has 1 fully saturated rings. The van der Waals surface area contributed by atoms with Gasteiger partial charge in [0.05, 0.1) is 11.0 Å². The van der Waals surface area contributed by atoms with Crippen molar-refractivity contribution >= 4 is 11.0 Å². The zero-order valence-electron chi connectivity index (χ0n) is 11.9. The Morgan fingerprint density at radius 1 is 1.32 bits per heavy atom. The molecule has 3 nitrogen and oxygen atoms in total. The van der Waals surface area contributed by atoms with Crippen molar-refractivity contribution in [3.8, 4) is 0 Å². The zero-order valence-corrected chi connectivity index (χ0v) is 11.9. The number of likely N-dealkylation sites (N-methyl/N-ethyl adjacent to an activating group) is 1. The first kappa shape index (κ1) is 12.7. The SMILES string of the molecule is CNC(Cc1nc2ccccc2n1C)C1CCCC1. The number of hydrogen-bond donors (Lipinski definition) is 1. The Hall–Kier alpha value is -1.35. The van der Waals surface area contributed by atoms with Crippen LogP contribution in [0.25, 0.3) is 11.0 Å². The fourth-order valence-corrected chi connectivity index (χ4v) is 3.44. The summed E-state index contributed by atoms with van der Waals surface area (Å²) in [7, 11) is 4.22. The van der Waals surface area contributed by atoms with Gasteiger partial charge in [-0.15, -0.1) is 0 Å². The summed E-state index contributed by atoms with van der Waals surface area (Å²) in [4.78, 5) is 4.79. The number of aryl methyl sites for hydroxylation is 1. The summed E-state index contributed by atoms with van der Waals surface area (Å²) in [5, 5.41) is 3.51. The van der Waals surface area contributed by atoms with Crippen LogP contribution in [0, 0.1) is 5.92 Å². The van der Waals surface area contributed by atoms with Gasteiger partial charge >= 0.3 is 0 Å². The van der Waals surface area contributed by atoms with Gasteiger partial charge in [-0.05, 0) is 37.9 Å². The first-order valence-electron chi connectivity index (χ1n) is 7.37. The van der Waals surface area contributed by atoms with Crippen molar-refractivity contribution in [1.82, 2.24) is 14.9 Å². The van der Waals surface area contributed by atoms with Gasteiger partial charge in [-0.25, -0.2) is 4.98 Å². The fourth-order valence-electron chi connectivity index (χ4n) is 3.44. The molecule has 1 atom stereocenters. The average molecular weight is 257 g/mol. The van der Waals surface area contributed by atoms with Crippen LogP contribution in [-0.4, -0.2) is 22.6 Å². The third-order valence-corrected chi connectivity index (χ3v) is 4.62. The highest BCUT2D eigenvalue weighted by atomic mass is 15.1. The predicted molar refractivity (Wildman–Crippen MR) is 79.2 cm³/mol. The van der Waals surface area contributed by atoms with Crippen LogP contribution >= 0.6 is 0 Å². The van der Waals surface area contributed by atoms with E-state index in [1.165, 1.54) is 37.0 Å². The second-order valence-electron chi connectivity index (χ2n) is 5.72. The summed E-state index contributed by atoms with van der Waals surface area (Å²) in [5.41, 5.74) is 2.35. The molecule has 1 aromatic heterocycles. The van der Waals surface area contributed by atoms with E-state index in [0.29, 0.717) is 6.04 Å². The minimum absolute atomic E-state index is 0.568. The first-order chi connectivity index (χ1) is 9.29. The highest BCUT2D eigenvalue weighted by Crippen LogP contribution is 2.29. The van der Waals surface area contributed by atoms with Crippen LogP contribution in [0.4, 0.5) is 0 Å². The number of nitrogens with zero attached hydrogens (tertiary/aromatic N) is 2. The molecule has 1 aliphatic carbocycles. The number of benzene rings is 1. The molecular weight excluding hydrogens is 234 g/mol. The topological polar surface area (TPSA) is 29.9 Å². The second-order valence-corrected chi connectivity index (χ2v) is 5.72. The van der Waals surface area contributed by atoms with Crippen LogP contribution in [-0.2, 0) is 13.5 Å². The number of para-hydroxylation sites is 2. The molecule has 0 aliphatic heterocycles. The highest BCUT2D eigenvalue weighted by molar-refractivity contribution is 5.75. The third-order valence-electron chi connectivity index (χ3n) is 4.62. The van der Waals surface area contributed by atoms with Crippen LogP contribution in [0.2, 0.25) is 0 Å². The van der Waals surface area contributed by atoms with Gasteiger partial charge < -0.3 is 9.88 Å². The molecule has 3 rings (SSSR count). The molecular formula is C16H23N3. The molecule has 0 bridgehead atoms. The molecule has 0 radical (unpaired) electrons. The van der Waals surface area contributed by atoms with Gasteiger partial charge in [0.2, 0.25) is 0 Å². The molecule has 1 aliphatic rings. The van der Waals surface area contributed by atoms with Gasteiger partial charge in [-0.2, -0.15) is 0 Å². The van der Waals surface area contributed by atoms with Crippen LogP contribution in [0.15, 0.2) is 24.3 Å². The van der Waals surface area contributed by atoms with Gasteiger partial charge in [0.25, 0.3) is 0 Å². The van der Waals surface area contributed by atoms with E-state index in [9.17, 15) is 0 Å². The standard InChI is InChI=1S/C16H23N3/c1-17-14(12-7-3-4-8-12)11-16-18-13-9-5-6-10-15(13)19(16)2/h5-6,9-10,12,14,17H,3-4,7-8,11H2,1-2H3. The monoisotopic (exact) mass is 257 g/mol. The van der Waals surface area contributed by atoms with E-state index in [4.69, 9.17) is 4.98 Å². The van der Waals surface area contributed by atoms with E-state index >= 15 is 0 Å². The minimum Gasteiger partial charge on any atom is -0.331 e. The molecule has 19 heavy (non-hydrogen) atoms. The Labute approximate surface area is 115 Å². The van der Waals surface area contributed by atoms with Crippen molar-refractivity contribution in [2.45, 2.75) is 38.1 Å². The zero-order chi connectivity index (χ0) is 13.2. The molecule has 1 unspecified atom stereocenters. The first-order valence-corrected chi connectivity index (χ1v) is 7.37. The lowest BCUT2D eigenvalue weighted by molar-refractivity contribution is 0.370. The molecule has 0 amide bonds. The summed E-state index contributed by atoms with van der Waals surface area (Å²) < 4.78 is 2.24. The summed E-state index contributed by atoms with van der Waals surface area (Å²) in [6, 6.07) is 8.96. The lowest BCUT2D eigenvalue weighted by atomic mass is 9.95. The van der Waals surface area contributed by atoms with Gasteiger partial charge in [0, 0.05) is 19.5 Å². The van der Waals surface area contributed by atoms with Crippen LogP contribution in [0.1, 0.15) is 31.5 Å². The number of imidazole rings is 1. The van der Waals surface area contributed by atoms with Crippen LogP contribution in [0.5, 0.6) is 0 Å². The van der Waals surface area contributed by atoms with E-state index in [1.807, 2.05) is 0 Å². The quantitative estimate of drug-likeness (QED) is 0.912. The normalized spacial score (nSPS) is 18.2. The van der Waals surface area contributed by atoms with Gasteiger partial charge in [-0.1, -0.05) is 25.0 Å². The van der Waals surface area contributed by atoms with E-state index < -0.39 is 0 Å². The molecule has 0 saturated heterocycles. The maximum atomic E-state index is 4.79. The number of nitrogens with one attached hydrogen (secondary N) is 1. The molecule has 2 aromatic rings. The van der Waals surface area contributed by atoms with Crippen molar-refractivity contribution in [2.75, 3.05) is 7.05 Å². The predicted octanol–water partition coefficient (Wildman–Crippen LogP) is 2.89. The highest BCUT2D eigenvalue weighted by Gasteiger charge is 2.25. The Bertz CT molecular complexity index is 552. The van der Waals surface area contributed by atoms with E-state index in [1.54, 1.807) is 0 Å². The second kappa shape index (κ2) is 5.33. The molecule has 1 heterocycles. The molecule has 102 valence electrons. The van der Waals surface area contributed by atoms with Crippen LogP contribution < -0.4 is 5.32 Å². The molecule has 1 aromatic carbocycles. The number of rotatable bonds is 4. The maximum Gasteiger partial charge on any atom is 0.111 e. The average Bonchev–Trinajstić information content (AvgIpc) is 3.06. The maximum absolute atomic E-state index is 4.79. The summed E-state index contributed by atoms with van der Waals surface area (Å²) in [5.74, 6) is 2.03. The summed E-state index contributed by atoms with van der Waals surface area (Å²) >= 11 is 0. The molecule has 1 N–H and O–H groups in total. The Morgan fingerprint density at radius 3 is 2.74 bits per heavy atom. The minimum atomic E-state index is 0.568. The van der Waals surface area contributed by atoms with E-state index in [-0.39, 0.29) is 0 Å². The summed E-state index contributed by atoms with van der Waals surface area (Å²) in [6.07, 6.45) is 6.56. The Balaban J connectivity index is 1.85. The molecule has 3 heteroatoms. The van der Waals surface area contributed by atoms with Crippen molar-refractivity contribution in [3.63, 3.8) is 0 Å². The molecule has 0 spiro atoms. The number of fused-ring (bicyclic) bond motifs is 1. The summed E-state index contributed by atoms with van der Waals surface area (Å²) in [6.45, 7) is 0.